The van der Waals surface area contributed by atoms with Gasteiger partial charge in [-0.15, -0.1) is 0 Å². The Bertz CT molecular complexity index is 87.0. The van der Waals surface area contributed by atoms with E-state index < -0.39 is 12.0 Å². The maximum Gasteiger partial charge on any atom is 2.00 e. The van der Waals surface area contributed by atoms with E-state index >= 15 is 0 Å². The number of halogens is 3. The quantitative estimate of drug-likeness (QED) is 0.499. The maximum absolute atomic E-state index is 10.8. The Labute approximate surface area is 54.2 Å². The molecule has 0 aromatic rings. The molecule has 5 heteroatoms. The van der Waals surface area contributed by atoms with Gasteiger partial charge in [0, 0.05) is 6.92 Å². The minimum Gasteiger partial charge on any atom is -0.290 e. The summed E-state index contributed by atoms with van der Waals surface area (Å²) in [7, 11) is 0. The second-order valence-corrected chi connectivity index (χ2v) is 1.05. The zero-order chi connectivity index (χ0) is 6.08. The summed E-state index contributed by atoms with van der Waals surface area (Å²) in [6.45, 7) is 0.486. The molecule has 0 radical (unpaired) electrons. The van der Waals surface area contributed by atoms with Gasteiger partial charge in [-0.2, -0.15) is 13.2 Å². The maximum atomic E-state index is 10.8. The molecule has 1 nitrogen and oxygen atoms in total. The van der Waals surface area contributed by atoms with Crippen molar-refractivity contribution in [2.45, 2.75) is 13.1 Å². The molecule has 0 unspecified atom stereocenters. The normalized spacial score (nSPS) is 10.0. The van der Waals surface area contributed by atoms with Gasteiger partial charge in [-0.25, -0.2) is 0 Å². The molecule has 0 aliphatic carbocycles. The predicted octanol–water partition coefficient (Wildman–Crippen LogP) is 1.14. The summed E-state index contributed by atoms with van der Waals surface area (Å²) in [5.41, 5.74) is 0. The molecule has 0 aliphatic heterocycles. The summed E-state index contributed by atoms with van der Waals surface area (Å²) in [5.74, 6) is -1.76. The average Bonchev–Trinajstić information content (AvgIpc) is 1.31. The van der Waals surface area contributed by atoms with Crippen LogP contribution in [0.3, 0.4) is 0 Å². The van der Waals surface area contributed by atoms with Crippen molar-refractivity contribution >= 4 is 5.78 Å². The second kappa shape index (κ2) is 3.07. The van der Waals surface area contributed by atoms with Gasteiger partial charge in [0.25, 0.3) is 0 Å². The van der Waals surface area contributed by atoms with Gasteiger partial charge in [-0.05, 0) is 0 Å². The van der Waals surface area contributed by atoms with Crippen LogP contribution in [0.5, 0.6) is 0 Å². The van der Waals surface area contributed by atoms with Crippen LogP contribution in [0.2, 0.25) is 0 Å². The van der Waals surface area contributed by atoms with E-state index in [1.54, 1.807) is 0 Å². The van der Waals surface area contributed by atoms with E-state index in [2.05, 4.69) is 0 Å². The van der Waals surface area contributed by atoms with Crippen LogP contribution in [0.15, 0.2) is 0 Å². The van der Waals surface area contributed by atoms with Gasteiger partial charge >= 0.3 is 22.7 Å². The second-order valence-electron chi connectivity index (χ2n) is 1.05. The largest absolute Gasteiger partial charge is 2.00 e. The van der Waals surface area contributed by atoms with Crippen LogP contribution in [0.25, 0.3) is 0 Å². The summed E-state index contributed by atoms with van der Waals surface area (Å²) < 4.78 is 32.5. The molecule has 0 aromatic carbocycles. The third kappa shape index (κ3) is 4.12. The fraction of sp³-hybridized carbons (Fsp3) is 0.667. The first-order chi connectivity index (χ1) is 2.94. The Kier molecular flexibility index (Phi) is 4.17. The Morgan fingerprint density at radius 2 is 1.50 bits per heavy atom. The minimum atomic E-state index is -4.64. The van der Waals surface area contributed by atoms with Crippen molar-refractivity contribution in [1.29, 1.82) is 0 Å². The molecule has 0 saturated carbocycles. The van der Waals surface area contributed by atoms with Gasteiger partial charge in [0.05, 0.1) is 0 Å². The van der Waals surface area contributed by atoms with Gasteiger partial charge in [0.1, 0.15) is 0 Å². The number of alkyl halides is 3. The van der Waals surface area contributed by atoms with Gasteiger partial charge in [0.15, 0.2) is 0 Å². The Morgan fingerprint density at radius 1 is 1.38 bits per heavy atom. The van der Waals surface area contributed by atoms with Crippen LogP contribution < -0.4 is 0 Å². The van der Waals surface area contributed by atoms with Crippen molar-refractivity contribution < 1.29 is 34.5 Å². The van der Waals surface area contributed by atoms with Crippen molar-refractivity contribution in [3.63, 3.8) is 0 Å². The molecule has 50 valence electrons. The number of Topliss-reactive ketones (excluding diaryl/α,β-unsaturated/α-hetero) is 1. The molecule has 0 heterocycles. The minimum absolute atomic E-state index is 0. The van der Waals surface area contributed by atoms with E-state index in [0.29, 0.717) is 6.92 Å². The Balaban J connectivity index is 0. The molecule has 0 N–H and O–H groups in total. The molecule has 0 aromatic heterocycles. The summed E-state index contributed by atoms with van der Waals surface area (Å²) in [4.78, 5) is 9.34. The van der Waals surface area contributed by atoms with Crippen molar-refractivity contribution in [2.24, 2.45) is 0 Å². The molecule has 0 bridgehead atoms. The molecule has 0 atom stereocenters. The molecule has 8 heavy (non-hydrogen) atoms. The van der Waals surface area contributed by atoms with E-state index in [-0.39, 0.29) is 16.5 Å². The van der Waals surface area contributed by atoms with Crippen LogP contribution in [-0.4, -0.2) is 12.0 Å². The Morgan fingerprint density at radius 3 is 1.50 bits per heavy atom. The van der Waals surface area contributed by atoms with Crippen molar-refractivity contribution in [3.8, 4) is 0 Å². The smallest absolute Gasteiger partial charge is 0.290 e. The first kappa shape index (κ1) is 10.8. The number of rotatable bonds is 0. The molecular weight excluding hydrogens is 168 g/mol. The monoisotopic (exact) mass is 170 g/mol. The number of carbonyl (C=O) groups excluding carboxylic acids is 1. The van der Waals surface area contributed by atoms with E-state index in [1.165, 1.54) is 0 Å². The standard InChI is InChI=1S/C3H3F3O.Ni/c1-2(7)3(4,5)6;/h1H3;/q;+2. The Hall–Kier alpha value is -0.0465. The summed E-state index contributed by atoms with van der Waals surface area (Å²) >= 11 is 0. The average molecular weight is 171 g/mol. The van der Waals surface area contributed by atoms with Crippen LogP contribution >= 0.6 is 0 Å². The fourth-order valence-electron chi connectivity index (χ4n) is 0. The third-order valence-corrected chi connectivity index (χ3v) is 0.399. The summed E-state index contributed by atoms with van der Waals surface area (Å²) in [6, 6.07) is 0. The zero-order valence-corrected chi connectivity index (χ0v) is 4.85. The first-order valence-corrected chi connectivity index (χ1v) is 1.52. The summed E-state index contributed by atoms with van der Waals surface area (Å²) in [5, 5.41) is 0. The SMILES string of the molecule is CC(=O)C(F)(F)F.[Ni+2]. The third-order valence-electron chi connectivity index (χ3n) is 0.399. The molecule has 0 saturated heterocycles. The van der Waals surface area contributed by atoms with Crippen LogP contribution in [-0.2, 0) is 21.3 Å². The topological polar surface area (TPSA) is 17.1 Å². The molecule has 0 rings (SSSR count). The predicted molar refractivity (Wildman–Crippen MR) is 16.7 cm³/mol. The summed E-state index contributed by atoms with van der Waals surface area (Å²) in [6.07, 6.45) is -4.64. The number of hydrogen-bond donors (Lipinski definition) is 0. The van der Waals surface area contributed by atoms with Crippen molar-refractivity contribution in [2.75, 3.05) is 0 Å². The van der Waals surface area contributed by atoms with Crippen LogP contribution in [0, 0.1) is 0 Å². The molecule has 0 aliphatic rings. The van der Waals surface area contributed by atoms with Gasteiger partial charge < -0.3 is 0 Å². The first-order valence-electron chi connectivity index (χ1n) is 1.52. The molecule has 0 spiro atoms. The molecular formula is C3H3F3NiO+2. The molecule has 0 fully saturated rings. The molecule has 0 amide bonds. The van der Waals surface area contributed by atoms with Gasteiger partial charge in [0.2, 0.25) is 5.78 Å². The van der Waals surface area contributed by atoms with Gasteiger partial charge in [-0.3, -0.25) is 4.79 Å². The van der Waals surface area contributed by atoms with Crippen LogP contribution in [0.4, 0.5) is 13.2 Å². The number of carbonyl (C=O) groups is 1. The van der Waals surface area contributed by atoms with Crippen molar-refractivity contribution in [1.82, 2.24) is 0 Å². The van der Waals surface area contributed by atoms with E-state index in [0.717, 1.165) is 0 Å². The fourth-order valence-corrected chi connectivity index (χ4v) is 0. The van der Waals surface area contributed by atoms with Crippen molar-refractivity contribution in [3.05, 3.63) is 0 Å². The van der Waals surface area contributed by atoms with Crippen LogP contribution in [0.1, 0.15) is 6.92 Å². The van der Waals surface area contributed by atoms with Gasteiger partial charge in [-0.1, -0.05) is 0 Å². The zero-order valence-electron chi connectivity index (χ0n) is 3.86. The number of hydrogen-bond acceptors (Lipinski definition) is 1. The number of ketones is 1. The van der Waals surface area contributed by atoms with E-state index in [9.17, 15) is 18.0 Å². The van der Waals surface area contributed by atoms with E-state index in [4.69, 9.17) is 0 Å². The van der Waals surface area contributed by atoms with E-state index in [1.807, 2.05) is 0 Å².